The third-order valence-corrected chi connectivity index (χ3v) is 4.03. The van der Waals surface area contributed by atoms with E-state index in [2.05, 4.69) is 17.2 Å². The van der Waals surface area contributed by atoms with Crippen LogP contribution in [0, 0.1) is 12.7 Å². The van der Waals surface area contributed by atoms with Crippen molar-refractivity contribution in [3.8, 4) is 16.3 Å². The molecule has 3 nitrogen and oxygen atoms in total. The van der Waals surface area contributed by atoms with Gasteiger partial charge >= 0.3 is 0 Å². The van der Waals surface area contributed by atoms with Gasteiger partial charge in [-0.3, -0.25) is 0 Å². The van der Waals surface area contributed by atoms with Crippen LogP contribution in [0.3, 0.4) is 0 Å². The monoisotopic (exact) mass is 280 g/mol. The largest absolute Gasteiger partial charge is 0.494 e. The number of benzene rings is 1. The molecule has 0 amide bonds. The molecule has 0 unspecified atom stereocenters. The van der Waals surface area contributed by atoms with E-state index in [-0.39, 0.29) is 11.6 Å². The molecule has 0 saturated heterocycles. The van der Waals surface area contributed by atoms with Crippen LogP contribution in [0.2, 0.25) is 0 Å². The zero-order valence-electron chi connectivity index (χ0n) is 11.3. The van der Waals surface area contributed by atoms with Crippen LogP contribution in [0.1, 0.15) is 17.5 Å². The molecule has 5 heteroatoms. The second kappa shape index (κ2) is 6.12. The van der Waals surface area contributed by atoms with Crippen LogP contribution >= 0.6 is 11.3 Å². The van der Waals surface area contributed by atoms with Crippen molar-refractivity contribution in [1.82, 2.24) is 10.3 Å². The van der Waals surface area contributed by atoms with Crippen LogP contribution in [0.25, 0.3) is 10.6 Å². The number of methoxy groups -OCH3 is 1. The van der Waals surface area contributed by atoms with Gasteiger partial charge in [-0.1, -0.05) is 6.92 Å². The number of hydrogen-bond acceptors (Lipinski definition) is 4. The zero-order valence-corrected chi connectivity index (χ0v) is 12.1. The lowest BCUT2D eigenvalue weighted by atomic mass is 10.2. The van der Waals surface area contributed by atoms with Gasteiger partial charge in [-0.25, -0.2) is 9.37 Å². The molecule has 1 aromatic heterocycles. The lowest BCUT2D eigenvalue weighted by molar-refractivity contribution is 0.387. The molecule has 0 aliphatic carbocycles. The van der Waals surface area contributed by atoms with Crippen molar-refractivity contribution in [2.24, 2.45) is 0 Å². The molecule has 102 valence electrons. The van der Waals surface area contributed by atoms with Gasteiger partial charge in [0.2, 0.25) is 0 Å². The number of halogens is 1. The van der Waals surface area contributed by atoms with Crippen LogP contribution in [-0.4, -0.2) is 18.6 Å². The van der Waals surface area contributed by atoms with Gasteiger partial charge in [-0.05, 0) is 31.7 Å². The third-order valence-electron chi connectivity index (χ3n) is 2.83. The minimum atomic E-state index is -0.354. The number of thiazole rings is 1. The van der Waals surface area contributed by atoms with Crippen molar-refractivity contribution < 1.29 is 9.13 Å². The minimum absolute atomic E-state index is 0.249. The fourth-order valence-electron chi connectivity index (χ4n) is 1.75. The molecular weight excluding hydrogens is 263 g/mol. The summed E-state index contributed by atoms with van der Waals surface area (Å²) < 4.78 is 18.4. The molecule has 2 rings (SSSR count). The summed E-state index contributed by atoms with van der Waals surface area (Å²) in [6.45, 7) is 5.81. The highest BCUT2D eigenvalue weighted by Gasteiger charge is 2.11. The van der Waals surface area contributed by atoms with Gasteiger partial charge in [0.1, 0.15) is 5.01 Å². The SMILES string of the molecule is CCNCc1sc(-c2ccc(F)c(OC)c2)nc1C. The number of rotatable bonds is 5. The third kappa shape index (κ3) is 3.11. The zero-order chi connectivity index (χ0) is 13.8. The highest BCUT2D eigenvalue weighted by atomic mass is 32.1. The number of hydrogen-bond donors (Lipinski definition) is 1. The summed E-state index contributed by atoms with van der Waals surface area (Å²) in [5, 5.41) is 4.18. The fourth-order valence-corrected chi connectivity index (χ4v) is 2.78. The molecule has 0 atom stereocenters. The van der Waals surface area contributed by atoms with Gasteiger partial charge in [0.25, 0.3) is 0 Å². The molecule has 0 saturated carbocycles. The van der Waals surface area contributed by atoms with Crippen LogP contribution in [0.15, 0.2) is 18.2 Å². The van der Waals surface area contributed by atoms with E-state index in [0.717, 1.165) is 29.4 Å². The predicted octanol–water partition coefficient (Wildman–Crippen LogP) is 3.38. The normalized spacial score (nSPS) is 10.7. The van der Waals surface area contributed by atoms with Crippen molar-refractivity contribution in [3.05, 3.63) is 34.6 Å². The first-order valence-electron chi connectivity index (χ1n) is 6.16. The summed E-state index contributed by atoms with van der Waals surface area (Å²) >= 11 is 1.63. The molecule has 0 bridgehead atoms. The van der Waals surface area contributed by atoms with Gasteiger partial charge in [0.05, 0.1) is 12.8 Å². The standard InChI is InChI=1S/C14H17FN2OS/c1-4-16-8-13-9(2)17-14(19-13)10-5-6-11(15)12(7-10)18-3/h5-7,16H,4,8H2,1-3H3. The quantitative estimate of drug-likeness (QED) is 0.911. The van der Waals surface area contributed by atoms with Gasteiger partial charge in [0.15, 0.2) is 11.6 Å². The molecule has 0 spiro atoms. The summed E-state index contributed by atoms with van der Waals surface area (Å²) in [4.78, 5) is 5.75. The molecule has 0 aliphatic rings. The maximum Gasteiger partial charge on any atom is 0.165 e. The summed E-state index contributed by atoms with van der Waals surface area (Å²) in [5.41, 5.74) is 1.90. The Balaban J connectivity index is 2.31. The van der Waals surface area contributed by atoms with Crippen molar-refractivity contribution in [1.29, 1.82) is 0 Å². The van der Waals surface area contributed by atoms with E-state index in [1.165, 1.54) is 18.1 Å². The Morgan fingerprint density at radius 2 is 2.21 bits per heavy atom. The molecule has 0 radical (unpaired) electrons. The fraction of sp³-hybridized carbons (Fsp3) is 0.357. The summed E-state index contributed by atoms with van der Waals surface area (Å²) in [5.74, 6) is -0.106. The van der Waals surface area contributed by atoms with E-state index in [1.54, 1.807) is 23.5 Å². The molecule has 0 fully saturated rings. The van der Waals surface area contributed by atoms with Gasteiger partial charge in [0, 0.05) is 17.0 Å². The molecule has 2 aromatic rings. The lowest BCUT2D eigenvalue weighted by Gasteiger charge is -2.03. The lowest BCUT2D eigenvalue weighted by Crippen LogP contribution is -2.11. The number of nitrogens with one attached hydrogen (secondary N) is 1. The van der Waals surface area contributed by atoms with Crippen molar-refractivity contribution in [2.45, 2.75) is 20.4 Å². The number of nitrogens with zero attached hydrogens (tertiary/aromatic N) is 1. The first kappa shape index (κ1) is 14.0. The number of aromatic nitrogens is 1. The van der Waals surface area contributed by atoms with Crippen molar-refractivity contribution in [3.63, 3.8) is 0 Å². The highest BCUT2D eigenvalue weighted by Crippen LogP contribution is 2.31. The van der Waals surface area contributed by atoms with Gasteiger partial charge in [-0.15, -0.1) is 11.3 Å². The predicted molar refractivity (Wildman–Crippen MR) is 76.2 cm³/mol. The Hall–Kier alpha value is -1.46. The van der Waals surface area contributed by atoms with E-state index >= 15 is 0 Å². The molecule has 19 heavy (non-hydrogen) atoms. The number of ether oxygens (including phenoxy) is 1. The molecule has 1 heterocycles. The first-order chi connectivity index (χ1) is 9.15. The van der Waals surface area contributed by atoms with E-state index < -0.39 is 0 Å². The highest BCUT2D eigenvalue weighted by molar-refractivity contribution is 7.15. The van der Waals surface area contributed by atoms with Crippen LogP contribution in [0.4, 0.5) is 4.39 Å². The summed E-state index contributed by atoms with van der Waals surface area (Å²) in [7, 11) is 1.46. The van der Waals surface area contributed by atoms with E-state index in [4.69, 9.17) is 4.74 Å². The maximum absolute atomic E-state index is 13.4. The second-order valence-electron chi connectivity index (χ2n) is 4.16. The first-order valence-corrected chi connectivity index (χ1v) is 6.98. The average Bonchev–Trinajstić information content (AvgIpc) is 2.78. The van der Waals surface area contributed by atoms with Crippen molar-refractivity contribution in [2.75, 3.05) is 13.7 Å². The summed E-state index contributed by atoms with van der Waals surface area (Å²) in [6.07, 6.45) is 0. The molecule has 1 aromatic carbocycles. The van der Waals surface area contributed by atoms with Crippen LogP contribution in [-0.2, 0) is 6.54 Å². The van der Waals surface area contributed by atoms with Crippen molar-refractivity contribution >= 4 is 11.3 Å². The minimum Gasteiger partial charge on any atom is -0.494 e. The Morgan fingerprint density at radius 1 is 1.42 bits per heavy atom. The maximum atomic E-state index is 13.4. The van der Waals surface area contributed by atoms with Gasteiger partial charge < -0.3 is 10.1 Å². The summed E-state index contributed by atoms with van der Waals surface area (Å²) in [6, 6.07) is 4.83. The molecule has 1 N–H and O–H groups in total. The van der Waals surface area contributed by atoms with Crippen LogP contribution < -0.4 is 10.1 Å². The van der Waals surface area contributed by atoms with E-state index in [0.29, 0.717) is 0 Å². The Kier molecular flexibility index (Phi) is 4.50. The van der Waals surface area contributed by atoms with E-state index in [9.17, 15) is 4.39 Å². The molecular formula is C14H17FN2OS. The van der Waals surface area contributed by atoms with E-state index in [1.807, 2.05) is 6.92 Å². The smallest absolute Gasteiger partial charge is 0.165 e. The average molecular weight is 280 g/mol. The van der Waals surface area contributed by atoms with Crippen LogP contribution in [0.5, 0.6) is 5.75 Å². The Bertz CT molecular complexity index is 569. The Labute approximate surface area is 116 Å². The second-order valence-corrected chi connectivity index (χ2v) is 5.24. The Morgan fingerprint density at radius 3 is 2.89 bits per heavy atom. The number of aryl methyl sites for hydroxylation is 1. The van der Waals surface area contributed by atoms with Gasteiger partial charge in [-0.2, -0.15) is 0 Å². The molecule has 0 aliphatic heterocycles. The topological polar surface area (TPSA) is 34.1 Å².